The minimum Gasteiger partial charge on any atom is -0.494 e. The molecule has 0 saturated heterocycles. The van der Waals surface area contributed by atoms with Crippen molar-refractivity contribution in [1.29, 1.82) is 0 Å². The Kier molecular flexibility index (Phi) is 3.95. The van der Waals surface area contributed by atoms with Gasteiger partial charge in [-0.15, -0.1) is 21.5 Å². The molecule has 5 aromatic rings. The third-order valence-electron chi connectivity index (χ3n) is 4.44. The molecular formula is C21H16N4O2S. The first-order valence-electron chi connectivity index (χ1n) is 8.88. The van der Waals surface area contributed by atoms with Gasteiger partial charge in [0, 0.05) is 16.3 Å². The number of rotatable bonds is 4. The summed E-state index contributed by atoms with van der Waals surface area (Å²) < 4.78 is 11.5. The Balaban J connectivity index is 1.61. The number of aromatic nitrogens is 3. The maximum Gasteiger partial charge on any atom is 0.260 e. The number of nitrogens with zero attached hydrogens (tertiary/aromatic N) is 3. The van der Waals surface area contributed by atoms with E-state index in [9.17, 15) is 0 Å². The van der Waals surface area contributed by atoms with Gasteiger partial charge in [-0.05, 0) is 43.3 Å². The maximum absolute atomic E-state index is 6.42. The fourth-order valence-electron chi connectivity index (χ4n) is 3.11. The van der Waals surface area contributed by atoms with Crippen LogP contribution in [0.1, 0.15) is 6.92 Å². The number of ether oxygens (including phenoxy) is 1. The van der Waals surface area contributed by atoms with E-state index in [2.05, 4.69) is 10.2 Å². The third-order valence-corrected chi connectivity index (χ3v) is 5.54. The number of pyridine rings is 1. The molecule has 3 aromatic heterocycles. The molecule has 0 aliphatic rings. The highest BCUT2D eigenvalue weighted by molar-refractivity contribution is 7.22. The lowest BCUT2D eigenvalue weighted by Gasteiger charge is -2.04. The van der Waals surface area contributed by atoms with Gasteiger partial charge in [0.15, 0.2) is 0 Å². The Morgan fingerprint density at radius 3 is 2.68 bits per heavy atom. The van der Waals surface area contributed by atoms with Crippen LogP contribution in [-0.2, 0) is 0 Å². The van der Waals surface area contributed by atoms with Gasteiger partial charge in [0.1, 0.15) is 15.5 Å². The minimum absolute atomic E-state index is 0.401. The molecule has 2 N–H and O–H groups in total. The van der Waals surface area contributed by atoms with Gasteiger partial charge in [0.05, 0.1) is 17.8 Å². The molecule has 0 radical (unpaired) electrons. The molecule has 0 amide bonds. The molecular weight excluding hydrogens is 372 g/mol. The molecule has 0 spiro atoms. The molecule has 0 unspecified atom stereocenters. The lowest BCUT2D eigenvalue weighted by molar-refractivity contribution is 0.340. The normalized spacial score (nSPS) is 11.3. The predicted molar refractivity (Wildman–Crippen MR) is 111 cm³/mol. The SMILES string of the molecule is CCOc1ccc2nc3sc(-c4nnc(-c5ccccc5)o4)c(N)c3cc2c1. The van der Waals surface area contributed by atoms with Crippen LogP contribution in [0.25, 0.3) is 43.3 Å². The zero-order valence-corrected chi connectivity index (χ0v) is 15.9. The summed E-state index contributed by atoms with van der Waals surface area (Å²) in [5.74, 6) is 1.68. The van der Waals surface area contributed by atoms with Crippen molar-refractivity contribution >= 4 is 38.1 Å². The minimum atomic E-state index is 0.401. The van der Waals surface area contributed by atoms with Crippen LogP contribution in [0, 0.1) is 0 Å². The van der Waals surface area contributed by atoms with Crippen molar-refractivity contribution in [2.24, 2.45) is 0 Å². The van der Waals surface area contributed by atoms with Crippen LogP contribution < -0.4 is 10.5 Å². The number of nitrogens with two attached hydrogens (primary N) is 1. The molecule has 28 heavy (non-hydrogen) atoms. The molecule has 0 aliphatic carbocycles. The van der Waals surface area contributed by atoms with E-state index in [0.29, 0.717) is 24.1 Å². The second-order valence-electron chi connectivity index (χ2n) is 6.25. The summed E-state index contributed by atoms with van der Waals surface area (Å²) in [4.78, 5) is 6.31. The number of fused-ring (bicyclic) bond motifs is 2. The first-order chi connectivity index (χ1) is 13.7. The third kappa shape index (κ3) is 2.76. The van der Waals surface area contributed by atoms with E-state index in [1.165, 1.54) is 11.3 Å². The van der Waals surface area contributed by atoms with Crippen LogP contribution in [0.2, 0.25) is 0 Å². The van der Waals surface area contributed by atoms with Crippen LogP contribution in [0.15, 0.2) is 59.0 Å². The molecule has 0 bridgehead atoms. The van der Waals surface area contributed by atoms with Gasteiger partial charge >= 0.3 is 0 Å². The number of benzene rings is 2. The predicted octanol–water partition coefficient (Wildman–Crippen LogP) is 5.15. The van der Waals surface area contributed by atoms with Gasteiger partial charge in [0.25, 0.3) is 5.89 Å². The highest BCUT2D eigenvalue weighted by Crippen LogP contribution is 2.41. The summed E-state index contributed by atoms with van der Waals surface area (Å²) in [6.45, 7) is 2.58. The summed E-state index contributed by atoms with van der Waals surface area (Å²) in [6.07, 6.45) is 0. The van der Waals surface area contributed by atoms with Gasteiger partial charge < -0.3 is 14.9 Å². The number of anilines is 1. The lowest BCUT2D eigenvalue weighted by Crippen LogP contribution is -1.91. The molecule has 7 heteroatoms. The average Bonchev–Trinajstić information content (AvgIpc) is 3.33. The fraction of sp³-hybridized carbons (Fsp3) is 0.0952. The van der Waals surface area contributed by atoms with Gasteiger partial charge in [-0.2, -0.15) is 0 Å². The summed E-state index contributed by atoms with van der Waals surface area (Å²) in [5, 5.41) is 10.2. The van der Waals surface area contributed by atoms with Crippen LogP contribution in [-0.4, -0.2) is 21.8 Å². The van der Waals surface area contributed by atoms with Crippen molar-refractivity contribution in [3.05, 3.63) is 54.6 Å². The molecule has 3 heterocycles. The van der Waals surface area contributed by atoms with Gasteiger partial charge in [-0.25, -0.2) is 4.98 Å². The number of thiophene rings is 1. The monoisotopic (exact) mass is 388 g/mol. The van der Waals surface area contributed by atoms with Crippen molar-refractivity contribution in [3.63, 3.8) is 0 Å². The molecule has 0 aliphatic heterocycles. The largest absolute Gasteiger partial charge is 0.494 e. The van der Waals surface area contributed by atoms with E-state index in [1.54, 1.807) is 0 Å². The standard InChI is InChI=1S/C21H16N4O2S/c1-2-26-14-8-9-16-13(10-14)11-15-17(22)18(28-21(15)23-16)20-25-24-19(27-20)12-6-4-3-5-7-12/h3-11H,2,22H2,1H3. The Bertz CT molecular complexity index is 1290. The van der Waals surface area contributed by atoms with E-state index in [-0.39, 0.29) is 0 Å². The smallest absolute Gasteiger partial charge is 0.260 e. The Morgan fingerprint density at radius 1 is 1.04 bits per heavy atom. The van der Waals surface area contributed by atoms with Gasteiger partial charge in [0.2, 0.25) is 5.89 Å². The Labute approximate surface area is 164 Å². The van der Waals surface area contributed by atoms with Crippen molar-refractivity contribution in [3.8, 4) is 28.0 Å². The zero-order valence-electron chi connectivity index (χ0n) is 15.0. The van der Waals surface area contributed by atoms with E-state index in [0.717, 1.165) is 37.3 Å². The van der Waals surface area contributed by atoms with Crippen molar-refractivity contribution in [1.82, 2.24) is 15.2 Å². The van der Waals surface area contributed by atoms with E-state index in [1.807, 2.05) is 61.5 Å². The summed E-state index contributed by atoms with van der Waals surface area (Å²) >= 11 is 1.45. The molecule has 138 valence electrons. The lowest BCUT2D eigenvalue weighted by atomic mass is 10.1. The average molecular weight is 388 g/mol. The molecule has 0 atom stereocenters. The van der Waals surface area contributed by atoms with E-state index < -0.39 is 0 Å². The van der Waals surface area contributed by atoms with Crippen molar-refractivity contribution in [2.75, 3.05) is 12.3 Å². The second-order valence-corrected chi connectivity index (χ2v) is 7.25. The van der Waals surface area contributed by atoms with Crippen LogP contribution in [0.3, 0.4) is 0 Å². The number of hydrogen-bond acceptors (Lipinski definition) is 7. The summed E-state index contributed by atoms with van der Waals surface area (Å²) in [6, 6.07) is 17.5. The highest BCUT2D eigenvalue weighted by atomic mass is 32.1. The number of nitrogen functional groups attached to an aromatic ring is 1. The van der Waals surface area contributed by atoms with Crippen molar-refractivity contribution in [2.45, 2.75) is 6.92 Å². The topological polar surface area (TPSA) is 87.1 Å². The zero-order chi connectivity index (χ0) is 19.1. The molecule has 5 rings (SSSR count). The fourth-order valence-corrected chi connectivity index (χ4v) is 4.12. The summed E-state index contributed by atoms with van der Waals surface area (Å²) in [5.41, 5.74) is 8.77. The van der Waals surface area contributed by atoms with Gasteiger partial charge in [-0.3, -0.25) is 0 Å². The number of hydrogen-bond donors (Lipinski definition) is 1. The van der Waals surface area contributed by atoms with Crippen LogP contribution in [0.4, 0.5) is 5.69 Å². The molecule has 0 saturated carbocycles. The highest BCUT2D eigenvalue weighted by Gasteiger charge is 2.19. The first kappa shape index (κ1) is 16.7. The van der Waals surface area contributed by atoms with Crippen molar-refractivity contribution < 1.29 is 9.15 Å². The Morgan fingerprint density at radius 2 is 1.86 bits per heavy atom. The second kappa shape index (κ2) is 6.61. The van der Waals surface area contributed by atoms with E-state index >= 15 is 0 Å². The quantitative estimate of drug-likeness (QED) is 0.458. The van der Waals surface area contributed by atoms with Crippen LogP contribution in [0.5, 0.6) is 5.75 Å². The van der Waals surface area contributed by atoms with E-state index in [4.69, 9.17) is 19.9 Å². The van der Waals surface area contributed by atoms with Crippen LogP contribution >= 0.6 is 11.3 Å². The molecule has 2 aromatic carbocycles. The maximum atomic E-state index is 6.42. The summed E-state index contributed by atoms with van der Waals surface area (Å²) in [7, 11) is 0. The molecule has 6 nitrogen and oxygen atoms in total. The Hall–Kier alpha value is -3.45. The molecule has 0 fully saturated rings. The first-order valence-corrected chi connectivity index (χ1v) is 9.69. The van der Waals surface area contributed by atoms with Gasteiger partial charge in [-0.1, -0.05) is 18.2 Å².